The van der Waals surface area contributed by atoms with E-state index in [1.165, 1.54) is 20.9 Å². The largest absolute Gasteiger partial charge is 0.343 e. The summed E-state index contributed by atoms with van der Waals surface area (Å²) >= 11 is 13.0. The van der Waals surface area contributed by atoms with Crippen LogP contribution in [0.3, 0.4) is 0 Å². The SMILES string of the molecule is CC(C)C(=O)N(C)C[C@](CCN1CCC2(CC1)c1ccccc1CS2=O)(c1ccc(Cl)c(Cl)c1)N(C)C(=O)C(=O)N(C)c1ccccc1. The first-order valence-electron chi connectivity index (χ1n) is 16.3. The number of anilines is 1. The Balaban J connectivity index is 1.48. The second-order valence-corrected chi connectivity index (χ2v) is 15.9. The number of carbonyl (C=O) groups is 3. The van der Waals surface area contributed by atoms with Gasteiger partial charge in [-0.15, -0.1) is 0 Å². The Bertz CT molecular complexity index is 1700. The lowest BCUT2D eigenvalue weighted by Gasteiger charge is -2.47. The van der Waals surface area contributed by atoms with E-state index in [1.54, 1.807) is 50.3 Å². The number of nitrogens with zero attached hydrogens (tertiary/aromatic N) is 4. The van der Waals surface area contributed by atoms with Crippen LogP contribution in [-0.4, -0.2) is 84.0 Å². The highest BCUT2D eigenvalue weighted by Gasteiger charge is 2.48. The minimum absolute atomic E-state index is 0.0877. The van der Waals surface area contributed by atoms with Crippen LogP contribution in [-0.2, 0) is 41.2 Å². The van der Waals surface area contributed by atoms with Gasteiger partial charge in [-0.25, -0.2) is 0 Å². The standard InChI is InChI=1S/C37H44Cl2N4O4S/c1-26(2)33(44)40(3)25-36(28-15-16-31(38)32(39)23-28,42(5)35(46)34(45)41(4)29-12-7-6-8-13-29)17-20-43-21-18-37(19-22-43)30-14-10-9-11-27(30)24-48(37)47/h6-16,23,26H,17-22,24-25H2,1-5H3/t36-,48?/m1/s1. The quantitative estimate of drug-likeness (QED) is 0.252. The minimum Gasteiger partial charge on any atom is -0.343 e. The van der Waals surface area contributed by atoms with E-state index in [1.807, 2.05) is 50.2 Å². The Hall–Kier alpha value is -3.24. The minimum atomic E-state index is -1.14. The molecule has 0 aliphatic carbocycles. The Morgan fingerprint density at radius 3 is 2.19 bits per heavy atom. The molecule has 0 saturated carbocycles. The van der Waals surface area contributed by atoms with Crippen molar-refractivity contribution in [2.24, 2.45) is 5.92 Å². The van der Waals surface area contributed by atoms with Crippen LogP contribution in [0.2, 0.25) is 10.0 Å². The predicted molar refractivity (Wildman–Crippen MR) is 193 cm³/mol. The number of piperidine rings is 1. The molecule has 0 bridgehead atoms. The lowest BCUT2D eigenvalue weighted by molar-refractivity contribution is -0.150. The van der Waals surface area contributed by atoms with Gasteiger partial charge in [-0.3, -0.25) is 18.6 Å². The molecule has 2 heterocycles. The van der Waals surface area contributed by atoms with Gasteiger partial charge in [-0.2, -0.15) is 0 Å². The van der Waals surface area contributed by atoms with Crippen molar-refractivity contribution in [2.75, 3.05) is 52.2 Å². The van der Waals surface area contributed by atoms with Crippen molar-refractivity contribution in [3.8, 4) is 0 Å². The van der Waals surface area contributed by atoms with E-state index in [4.69, 9.17) is 23.2 Å². The summed E-state index contributed by atoms with van der Waals surface area (Å²) in [5.41, 5.74) is 2.49. The molecule has 1 fully saturated rings. The summed E-state index contributed by atoms with van der Waals surface area (Å²) in [4.78, 5) is 48.1. The molecule has 1 unspecified atom stereocenters. The fourth-order valence-electron chi connectivity index (χ4n) is 7.20. The summed E-state index contributed by atoms with van der Waals surface area (Å²) in [6, 6.07) is 22.5. The molecule has 48 heavy (non-hydrogen) atoms. The van der Waals surface area contributed by atoms with Crippen LogP contribution < -0.4 is 4.90 Å². The summed E-state index contributed by atoms with van der Waals surface area (Å²) in [7, 11) is 3.94. The fraction of sp³-hybridized carbons (Fsp3) is 0.432. The second kappa shape index (κ2) is 14.7. The van der Waals surface area contributed by atoms with E-state index in [9.17, 15) is 18.6 Å². The number of likely N-dealkylation sites (tertiary alicyclic amines) is 1. The fourth-order valence-corrected chi connectivity index (χ4v) is 9.39. The monoisotopic (exact) mass is 710 g/mol. The van der Waals surface area contributed by atoms with Gasteiger partial charge in [0, 0.05) is 62.4 Å². The van der Waals surface area contributed by atoms with Gasteiger partial charge in [0.05, 0.1) is 20.3 Å². The van der Waals surface area contributed by atoms with E-state index in [0.29, 0.717) is 40.0 Å². The Labute approximate surface area is 296 Å². The van der Waals surface area contributed by atoms with Crippen molar-refractivity contribution in [2.45, 2.75) is 49.1 Å². The van der Waals surface area contributed by atoms with Crippen LogP contribution in [0.1, 0.15) is 49.8 Å². The summed E-state index contributed by atoms with van der Waals surface area (Å²) in [6.45, 7) is 5.82. The number of hydrogen-bond donors (Lipinski definition) is 0. The van der Waals surface area contributed by atoms with Gasteiger partial charge in [0.25, 0.3) is 0 Å². The van der Waals surface area contributed by atoms with Crippen LogP contribution in [0.5, 0.6) is 0 Å². The third kappa shape index (κ3) is 6.93. The van der Waals surface area contributed by atoms with Gasteiger partial charge in [-0.05, 0) is 73.3 Å². The highest BCUT2D eigenvalue weighted by atomic mass is 35.5. The number of halogens is 2. The molecule has 5 rings (SSSR count). The molecule has 2 aliphatic heterocycles. The topological polar surface area (TPSA) is 81.2 Å². The number of benzene rings is 3. The van der Waals surface area contributed by atoms with E-state index in [-0.39, 0.29) is 23.1 Å². The van der Waals surface area contributed by atoms with Crippen LogP contribution in [0.15, 0.2) is 72.8 Å². The van der Waals surface area contributed by atoms with Gasteiger partial charge in [0.15, 0.2) is 0 Å². The molecule has 0 radical (unpaired) electrons. The molecule has 256 valence electrons. The lowest BCUT2D eigenvalue weighted by atomic mass is 9.82. The maximum Gasteiger partial charge on any atom is 0.316 e. The van der Waals surface area contributed by atoms with E-state index >= 15 is 0 Å². The molecule has 1 spiro atoms. The van der Waals surface area contributed by atoms with Crippen LogP contribution in [0, 0.1) is 5.92 Å². The molecule has 0 aromatic heterocycles. The van der Waals surface area contributed by atoms with Crippen LogP contribution >= 0.6 is 23.2 Å². The first kappa shape index (κ1) is 36.1. The molecule has 8 nitrogen and oxygen atoms in total. The normalized spacial score (nSPS) is 18.3. The third-order valence-corrected chi connectivity index (χ3v) is 13.0. The van der Waals surface area contributed by atoms with Gasteiger partial charge in [0.1, 0.15) is 0 Å². The predicted octanol–water partition coefficient (Wildman–Crippen LogP) is 6.07. The van der Waals surface area contributed by atoms with Crippen molar-refractivity contribution in [1.82, 2.24) is 14.7 Å². The average Bonchev–Trinajstić information content (AvgIpc) is 3.36. The highest BCUT2D eigenvalue weighted by Crippen LogP contribution is 2.47. The Morgan fingerprint density at radius 1 is 0.896 bits per heavy atom. The molecule has 1 saturated heterocycles. The number of hydrogen-bond acceptors (Lipinski definition) is 5. The summed E-state index contributed by atoms with van der Waals surface area (Å²) < 4.78 is 13.1. The Kier molecular flexibility index (Phi) is 11.0. The maximum atomic E-state index is 14.2. The molecule has 2 atom stereocenters. The van der Waals surface area contributed by atoms with Crippen LogP contribution in [0.4, 0.5) is 5.69 Å². The zero-order chi connectivity index (χ0) is 34.8. The number of fused-ring (bicyclic) bond motifs is 2. The summed E-state index contributed by atoms with van der Waals surface area (Å²) in [5.74, 6) is -1.19. The Morgan fingerprint density at radius 2 is 1.54 bits per heavy atom. The van der Waals surface area contributed by atoms with Crippen molar-refractivity contribution >= 4 is 57.4 Å². The molecule has 2 aliphatic rings. The van der Waals surface area contributed by atoms with Gasteiger partial charge in [0.2, 0.25) is 5.91 Å². The zero-order valence-corrected chi connectivity index (χ0v) is 30.6. The number of rotatable bonds is 9. The third-order valence-electron chi connectivity index (χ3n) is 10.1. The second-order valence-electron chi connectivity index (χ2n) is 13.3. The van der Waals surface area contributed by atoms with Gasteiger partial charge < -0.3 is 19.6 Å². The van der Waals surface area contributed by atoms with Crippen molar-refractivity contribution in [3.63, 3.8) is 0 Å². The molecule has 3 aromatic rings. The van der Waals surface area contributed by atoms with Crippen molar-refractivity contribution in [3.05, 3.63) is 99.5 Å². The number of amides is 3. The molecule has 3 aromatic carbocycles. The molecule has 0 N–H and O–H groups in total. The van der Waals surface area contributed by atoms with Gasteiger partial charge in [-0.1, -0.05) is 85.6 Å². The maximum absolute atomic E-state index is 14.2. The van der Waals surface area contributed by atoms with Crippen LogP contribution in [0.25, 0.3) is 0 Å². The zero-order valence-electron chi connectivity index (χ0n) is 28.2. The van der Waals surface area contributed by atoms with Crippen molar-refractivity contribution < 1.29 is 18.6 Å². The number of likely N-dealkylation sites (N-methyl/N-ethyl adjacent to an activating group) is 3. The average molecular weight is 712 g/mol. The molecular weight excluding hydrogens is 667 g/mol. The molecular formula is C37H44Cl2N4O4S. The van der Waals surface area contributed by atoms with E-state index < -0.39 is 28.2 Å². The first-order valence-corrected chi connectivity index (χ1v) is 18.4. The number of carbonyl (C=O) groups excluding carboxylic acids is 3. The van der Waals surface area contributed by atoms with E-state index in [2.05, 4.69) is 17.0 Å². The highest BCUT2D eigenvalue weighted by molar-refractivity contribution is 7.85. The summed E-state index contributed by atoms with van der Waals surface area (Å²) in [5, 5.41) is 0.674. The first-order chi connectivity index (χ1) is 22.8. The lowest BCUT2D eigenvalue weighted by Crippen LogP contribution is -2.59. The molecule has 3 amide bonds. The number of para-hydroxylation sites is 1. The summed E-state index contributed by atoms with van der Waals surface area (Å²) in [6.07, 6.45) is 1.92. The van der Waals surface area contributed by atoms with Crippen molar-refractivity contribution in [1.29, 1.82) is 0 Å². The van der Waals surface area contributed by atoms with E-state index in [0.717, 1.165) is 25.9 Å². The van der Waals surface area contributed by atoms with Gasteiger partial charge >= 0.3 is 11.8 Å². The molecule has 11 heteroatoms. The smallest absolute Gasteiger partial charge is 0.316 e.